The molecule has 0 fully saturated rings. The van der Waals surface area contributed by atoms with Crippen LogP contribution in [0.1, 0.15) is 22.2 Å². The van der Waals surface area contributed by atoms with Gasteiger partial charge in [0.1, 0.15) is 23.7 Å². The lowest BCUT2D eigenvalue weighted by atomic mass is 9.99. The number of furan rings is 1. The summed E-state index contributed by atoms with van der Waals surface area (Å²) in [5.41, 5.74) is 0.222. The second-order valence-corrected chi connectivity index (χ2v) is 9.92. The van der Waals surface area contributed by atoms with Gasteiger partial charge in [-0.3, -0.25) is 9.36 Å². The zero-order valence-corrected chi connectivity index (χ0v) is 18.9. The molecule has 0 amide bonds. The third-order valence-electron chi connectivity index (χ3n) is 5.37. The van der Waals surface area contributed by atoms with Gasteiger partial charge < -0.3 is 14.3 Å². The minimum absolute atomic E-state index is 0.222. The molecule has 0 unspecified atom stereocenters. The number of hydrogen-bond donors (Lipinski definition) is 2. The number of carbonyl (C=O) groups excluding carboxylic acids is 1. The van der Waals surface area contributed by atoms with Crippen LogP contribution in [0.5, 0.6) is 5.75 Å². The minimum Gasteiger partial charge on any atom is -0.496 e. The van der Waals surface area contributed by atoms with Crippen molar-refractivity contribution in [1.29, 1.82) is 0 Å². The van der Waals surface area contributed by atoms with Gasteiger partial charge in [-0.25, -0.2) is 5.09 Å². The average molecular weight is 461 g/mol. The molecule has 4 aromatic rings. The predicted molar refractivity (Wildman–Crippen MR) is 128 cm³/mol. The summed E-state index contributed by atoms with van der Waals surface area (Å²) in [5, 5.41) is 15.4. The number of aliphatic hydroxyl groups is 1. The van der Waals surface area contributed by atoms with Gasteiger partial charge in [0.2, 0.25) is 7.29 Å². The number of rotatable bonds is 9. The van der Waals surface area contributed by atoms with Crippen LogP contribution in [0, 0.1) is 0 Å². The fourth-order valence-electron chi connectivity index (χ4n) is 3.69. The standard InChI is InChI=1S/C26H24NO5P/c1-31-22-16-9-8-15-21(22)25(28)26(29)24(23-17-10-18-32-23)27-33(30,19-11-4-2-5-12-19)20-13-6-3-7-14-20/h2-18,24,26,29H,1H3,(H,27,30)/t24-,26-/m1/s1. The lowest BCUT2D eigenvalue weighted by Crippen LogP contribution is -2.40. The highest BCUT2D eigenvalue weighted by molar-refractivity contribution is 7.76. The number of benzene rings is 3. The van der Waals surface area contributed by atoms with Crippen LogP contribution in [0.4, 0.5) is 0 Å². The van der Waals surface area contributed by atoms with E-state index in [1.165, 1.54) is 13.4 Å². The maximum absolute atomic E-state index is 14.5. The van der Waals surface area contributed by atoms with Gasteiger partial charge in [0.15, 0.2) is 5.78 Å². The van der Waals surface area contributed by atoms with Gasteiger partial charge in [0.25, 0.3) is 0 Å². The van der Waals surface area contributed by atoms with E-state index in [2.05, 4.69) is 5.09 Å². The molecule has 168 valence electrons. The molecule has 2 N–H and O–H groups in total. The molecule has 2 atom stereocenters. The van der Waals surface area contributed by atoms with E-state index >= 15 is 0 Å². The summed E-state index contributed by atoms with van der Waals surface area (Å²) >= 11 is 0. The van der Waals surface area contributed by atoms with E-state index in [4.69, 9.17) is 9.15 Å². The van der Waals surface area contributed by atoms with Crippen LogP contribution in [0.3, 0.4) is 0 Å². The Hall–Kier alpha value is -3.44. The van der Waals surface area contributed by atoms with Crippen LogP contribution in [-0.2, 0) is 4.57 Å². The first-order valence-corrected chi connectivity index (χ1v) is 12.1. The van der Waals surface area contributed by atoms with Crippen LogP contribution in [-0.4, -0.2) is 24.1 Å². The first-order chi connectivity index (χ1) is 16.0. The highest BCUT2D eigenvalue weighted by Gasteiger charge is 2.38. The fourth-order valence-corrected chi connectivity index (χ4v) is 6.13. The molecule has 0 saturated heterocycles. The summed E-state index contributed by atoms with van der Waals surface area (Å²) in [6.45, 7) is 0. The molecule has 3 aromatic carbocycles. The monoisotopic (exact) mass is 461 g/mol. The number of Topliss-reactive ketones (excluding diaryl/α,β-unsaturated/α-hetero) is 1. The zero-order chi connectivity index (χ0) is 23.3. The first-order valence-electron chi connectivity index (χ1n) is 10.4. The molecule has 33 heavy (non-hydrogen) atoms. The van der Waals surface area contributed by atoms with E-state index in [-0.39, 0.29) is 11.3 Å². The highest BCUT2D eigenvalue weighted by Crippen LogP contribution is 2.43. The molecule has 0 aliphatic heterocycles. The van der Waals surface area contributed by atoms with Crippen LogP contribution in [0.15, 0.2) is 108 Å². The highest BCUT2D eigenvalue weighted by atomic mass is 31.2. The molecule has 0 aliphatic carbocycles. The van der Waals surface area contributed by atoms with E-state index in [1.54, 1.807) is 84.9 Å². The fraction of sp³-hybridized carbons (Fsp3) is 0.115. The average Bonchev–Trinajstić information content (AvgIpc) is 3.42. The SMILES string of the molecule is COc1ccccc1C(=O)[C@H](O)[C@H](NP(=O)(c1ccccc1)c1ccccc1)c1ccco1. The lowest BCUT2D eigenvalue weighted by molar-refractivity contribution is 0.0655. The van der Waals surface area contributed by atoms with Crippen molar-refractivity contribution in [2.24, 2.45) is 0 Å². The minimum atomic E-state index is -3.48. The van der Waals surface area contributed by atoms with Gasteiger partial charge in [-0.1, -0.05) is 48.5 Å². The van der Waals surface area contributed by atoms with Gasteiger partial charge in [-0.2, -0.15) is 0 Å². The third-order valence-corrected chi connectivity index (χ3v) is 8.06. The summed E-state index contributed by atoms with van der Waals surface area (Å²) in [6, 6.07) is 26.8. The number of aliphatic hydroxyl groups excluding tert-OH is 1. The molecular formula is C26H24NO5P. The number of nitrogens with one attached hydrogen (secondary N) is 1. The largest absolute Gasteiger partial charge is 0.496 e. The maximum atomic E-state index is 14.5. The van der Waals surface area contributed by atoms with Crippen molar-refractivity contribution in [3.05, 3.63) is 115 Å². The summed E-state index contributed by atoms with van der Waals surface area (Å²) in [4.78, 5) is 13.3. The zero-order valence-electron chi connectivity index (χ0n) is 18.0. The number of ketones is 1. The van der Waals surface area contributed by atoms with Crippen LogP contribution < -0.4 is 20.4 Å². The van der Waals surface area contributed by atoms with Crippen molar-refractivity contribution in [3.63, 3.8) is 0 Å². The molecule has 0 spiro atoms. The Morgan fingerprint density at radius 2 is 1.45 bits per heavy atom. The molecule has 7 heteroatoms. The number of carbonyl (C=O) groups is 1. The number of methoxy groups -OCH3 is 1. The summed E-state index contributed by atoms with van der Waals surface area (Å²) < 4.78 is 25.4. The molecule has 0 radical (unpaired) electrons. The topological polar surface area (TPSA) is 88.8 Å². The van der Waals surface area contributed by atoms with Crippen molar-refractivity contribution in [2.75, 3.05) is 7.11 Å². The van der Waals surface area contributed by atoms with Crippen molar-refractivity contribution < 1.29 is 23.6 Å². The van der Waals surface area contributed by atoms with Gasteiger partial charge in [0, 0.05) is 10.6 Å². The molecule has 1 aromatic heterocycles. The van der Waals surface area contributed by atoms with Crippen LogP contribution >= 0.6 is 7.29 Å². The van der Waals surface area contributed by atoms with Crippen LogP contribution in [0.2, 0.25) is 0 Å². The Labute approximate surface area is 192 Å². The quantitative estimate of drug-likeness (QED) is 0.288. The molecule has 1 heterocycles. The predicted octanol–water partition coefficient (Wildman–Crippen LogP) is 4.09. The van der Waals surface area contributed by atoms with E-state index in [0.29, 0.717) is 16.4 Å². The van der Waals surface area contributed by atoms with Crippen LogP contribution in [0.25, 0.3) is 0 Å². The van der Waals surface area contributed by atoms with Gasteiger partial charge >= 0.3 is 0 Å². The van der Waals surface area contributed by atoms with Gasteiger partial charge in [-0.05, 0) is 48.5 Å². The maximum Gasteiger partial charge on any atom is 0.205 e. The summed E-state index contributed by atoms with van der Waals surface area (Å²) in [6.07, 6.45) is -0.145. The number of ether oxygens (including phenoxy) is 1. The normalized spacial score (nSPS) is 13.3. The van der Waals surface area contributed by atoms with Crippen molar-refractivity contribution in [3.8, 4) is 5.75 Å². The van der Waals surface area contributed by atoms with Gasteiger partial charge in [-0.15, -0.1) is 0 Å². The molecular weight excluding hydrogens is 437 g/mol. The Bertz CT molecular complexity index is 1200. The summed E-state index contributed by atoms with van der Waals surface area (Å²) in [7, 11) is -2.02. The number of para-hydroxylation sites is 1. The smallest absolute Gasteiger partial charge is 0.205 e. The van der Waals surface area contributed by atoms with Crippen molar-refractivity contribution in [1.82, 2.24) is 5.09 Å². The van der Waals surface area contributed by atoms with E-state index in [0.717, 1.165) is 0 Å². The second kappa shape index (κ2) is 10.0. The Balaban J connectivity index is 1.79. The third kappa shape index (κ3) is 4.69. The first kappa shape index (κ1) is 22.7. The Morgan fingerprint density at radius 3 is 2.00 bits per heavy atom. The second-order valence-electron chi connectivity index (χ2n) is 7.41. The molecule has 0 bridgehead atoms. The summed E-state index contributed by atoms with van der Waals surface area (Å²) in [5.74, 6) is 0.0564. The number of hydrogen-bond acceptors (Lipinski definition) is 5. The molecule has 0 saturated carbocycles. The molecule has 4 rings (SSSR count). The Kier molecular flexibility index (Phi) is 6.90. The van der Waals surface area contributed by atoms with Gasteiger partial charge in [0.05, 0.1) is 18.9 Å². The Morgan fingerprint density at radius 1 is 0.879 bits per heavy atom. The van der Waals surface area contributed by atoms with E-state index < -0.39 is 25.2 Å². The van der Waals surface area contributed by atoms with Crippen molar-refractivity contribution in [2.45, 2.75) is 12.1 Å². The molecule has 6 nitrogen and oxygen atoms in total. The van der Waals surface area contributed by atoms with E-state index in [1.807, 2.05) is 12.1 Å². The van der Waals surface area contributed by atoms with Crippen molar-refractivity contribution >= 4 is 23.7 Å². The molecule has 0 aliphatic rings. The lowest BCUT2D eigenvalue weighted by Gasteiger charge is -2.28. The van der Waals surface area contributed by atoms with E-state index in [9.17, 15) is 14.5 Å².